The van der Waals surface area contributed by atoms with Gasteiger partial charge < -0.3 is 9.64 Å². The number of carbonyl (C=O) groups excluding carboxylic acids is 1. The van der Waals surface area contributed by atoms with E-state index in [-0.39, 0.29) is 29.1 Å². The van der Waals surface area contributed by atoms with Gasteiger partial charge >= 0.3 is 0 Å². The molecule has 0 aliphatic carbocycles. The summed E-state index contributed by atoms with van der Waals surface area (Å²) in [6.07, 6.45) is 1.36. The summed E-state index contributed by atoms with van der Waals surface area (Å²) in [4.78, 5) is 19.1. The predicted molar refractivity (Wildman–Crippen MR) is 127 cm³/mol. The van der Waals surface area contributed by atoms with E-state index in [2.05, 4.69) is 24.0 Å². The number of hydrogen-bond donors (Lipinski definition) is 0. The monoisotopic (exact) mass is 492 g/mol. The third-order valence-electron chi connectivity index (χ3n) is 5.74. The highest BCUT2D eigenvalue weighted by atomic mass is 35.5. The molecule has 1 amide bonds. The standard InChI is InChI=1S/C23H25ClN2O4S2/c1-15-3-4-16(2)22-21(15)25-23(31-22)30-18-9-12-26(13-10-18)20(27)11-14-32(28,29)19-7-5-17(24)6-8-19/h3-8,18H,9-14H2,1-2H3. The van der Waals surface area contributed by atoms with Gasteiger partial charge in [-0.1, -0.05) is 35.1 Å². The molecule has 0 spiro atoms. The number of benzene rings is 2. The fourth-order valence-electron chi connectivity index (χ4n) is 3.80. The van der Waals surface area contributed by atoms with Crippen LogP contribution in [0.15, 0.2) is 41.3 Å². The molecule has 1 aliphatic heterocycles. The summed E-state index contributed by atoms with van der Waals surface area (Å²) in [6, 6.07) is 10.2. The van der Waals surface area contributed by atoms with E-state index in [0.29, 0.717) is 36.1 Å². The zero-order valence-corrected chi connectivity index (χ0v) is 20.4. The zero-order valence-electron chi connectivity index (χ0n) is 18.0. The van der Waals surface area contributed by atoms with E-state index >= 15 is 0 Å². The van der Waals surface area contributed by atoms with Crippen molar-refractivity contribution < 1.29 is 17.9 Å². The van der Waals surface area contributed by atoms with Gasteiger partial charge in [-0.05, 0) is 49.2 Å². The van der Waals surface area contributed by atoms with Crippen LogP contribution in [0.2, 0.25) is 5.02 Å². The number of nitrogens with zero attached hydrogens (tertiary/aromatic N) is 2. The lowest BCUT2D eigenvalue weighted by molar-refractivity contribution is -0.132. The highest BCUT2D eigenvalue weighted by molar-refractivity contribution is 7.91. The van der Waals surface area contributed by atoms with Gasteiger partial charge in [0.2, 0.25) is 5.91 Å². The average Bonchev–Trinajstić information content (AvgIpc) is 3.21. The molecule has 0 bridgehead atoms. The summed E-state index contributed by atoms with van der Waals surface area (Å²) in [5.41, 5.74) is 3.30. The molecular weight excluding hydrogens is 468 g/mol. The number of hydrogen-bond acceptors (Lipinski definition) is 6. The number of aryl methyl sites for hydroxylation is 2. The number of piperidine rings is 1. The normalized spacial score (nSPS) is 15.3. The highest BCUT2D eigenvalue weighted by Crippen LogP contribution is 2.33. The Morgan fingerprint density at radius 1 is 1.12 bits per heavy atom. The molecule has 1 aromatic heterocycles. The van der Waals surface area contributed by atoms with Crippen LogP contribution < -0.4 is 4.74 Å². The van der Waals surface area contributed by atoms with E-state index in [4.69, 9.17) is 16.3 Å². The smallest absolute Gasteiger partial charge is 0.274 e. The average molecular weight is 493 g/mol. The molecule has 4 rings (SSSR count). The van der Waals surface area contributed by atoms with Crippen molar-refractivity contribution in [1.29, 1.82) is 0 Å². The van der Waals surface area contributed by atoms with Crippen molar-refractivity contribution in [2.45, 2.75) is 44.1 Å². The summed E-state index contributed by atoms with van der Waals surface area (Å²) in [6.45, 7) is 5.21. The van der Waals surface area contributed by atoms with Crippen molar-refractivity contribution in [2.24, 2.45) is 0 Å². The number of sulfone groups is 1. The molecule has 1 aliphatic rings. The fourth-order valence-corrected chi connectivity index (χ4v) is 6.18. The predicted octanol–water partition coefficient (Wildman–Crippen LogP) is 4.80. The second-order valence-electron chi connectivity index (χ2n) is 8.08. The summed E-state index contributed by atoms with van der Waals surface area (Å²) < 4.78 is 32.2. The Hall–Kier alpha value is -2.16. The molecule has 0 atom stereocenters. The van der Waals surface area contributed by atoms with Gasteiger partial charge in [-0.25, -0.2) is 13.4 Å². The molecule has 0 N–H and O–H groups in total. The SMILES string of the molecule is Cc1ccc(C)c2sc(OC3CCN(C(=O)CCS(=O)(=O)c4ccc(Cl)cc4)CC3)nc12. The maximum absolute atomic E-state index is 12.6. The molecule has 6 nitrogen and oxygen atoms in total. The molecule has 1 fully saturated rings. The molecule has 9 heteroatoms. The summed E-state index contributed by atoms with van der Waals surface area (Å²) in [7, 11) is -3.52. The Morgan fingerprint density at radius 3 is 2.44 bits per heavy atom. The molecule has 0 radical (unpaired) electrons. The Bertz CT molecular complexity index is 1190. The Morgan fingerprint density at radius 2 is 1.78 bits per heavy atom. The van der Waals surface area contributed by atoms with Gasteiger partial charge in [-0.3, -0.25) is 4.79 Å². The van der Waals surface area contributed by atoms with Gasteiger partial charge in [0.05, 0.1) is 20.9 Å². The van der Waals surface area contributed by atoms with Gasteiger partial charge in [0.1, 0.15) is 6.10 Å². The van der Waals surface area contributed by atoms with E-state index in [1.165, 1.54) is 29.8 Å². The van der Waals surface area contributed by atoms with Gasteiger partial charge in [-0.15, -0.1) is 0 Å². The number of ether oxygens (including phenoxy) is 1. The number of likely N-dealkylation sites (tertiary alicyclic amines) is 1. The molecular formula is C23H25ClN2O4S2. The van der Waals surface area contributed by atoms with Crippen LogP contribution in [0.1, 0.15) is 30.4 Å². The minimum absolute atomic E-state index is 0.00183. The van der Waals surface area contributed by atoms with Crippen LogP contribution in [0.5, 0.6) is 5.19 Å². The number of rotatable bonds is 6. The van der Waals surface area contributed by atoms with Crippen LogP contribution in [0.25, 0.3) is 10.2 Å². The molecule has 0 unspecified atom stereocenters. The largest absolute Gasteiger partial charge is 0.467 e. The summed E-state index contributed by atoms with van der Waals surface area (Å²) in [5, 5.41) is 1.14. The van der Waals surface area contributed by atoms with Crippen molar-refractivity contribution in [3.8, 4) is 5.19 Å². The van der Waals surface area contributed by atoms with Crippen LogP contribution in [0, 0.1) is 13.8 Å². The molecule has 0 saturated carbocycles. The number of carbonyl (C=O) groups is 1. The van der Waals surface area contributed by atoms with Crippen molar-refractivity contribution in [2.75, 3.05) is 18.8 Å². The molecule has 2 heterocycles. The number of aromatic nitrogens is 1. The zero-order chi connectivity index (χ0) is 22.9. The van der Waals surface area contributed by atoms with Crippen LogP contribution in [0.3, 0.4) is 0 Å². The quantitative estimate of drug-likeness (QED) is 0.494. The second-order valence-corrected chi connectivity index (χ2v) is 11.6. The van der Waals surface area contributed by atoms with E-state index in [1.807, 2.05) is 6.92 Å². The van der Waals surface area contributed by atoms with Crippen LogP contribution in [-0.4, -0.2) is 49.2 Å². The molecule has 2 aromatic carbocycles. The number of halogens is 1. The first-order valence-electron chi connectivity index (χ1n) is 10.5. The number of thiazole rings is 1. The van der Waals surface area contributed by atoms with Gasteiger partial charge in [-0.2, -0.15) is 0 Å². The molecule has 32 heavy (non-hydrogen) atoms. The van der Waals surface area contributed by atoms with Crippen LogP contribution >= 0.6 is 22.9 Å². The fraction of sp³-hybridized carbons (Fsp3) is 0.391. The van der Waals surface area contributed by atoms with E-state index in [0.717, 1.165) is 15.8 Å². The maximum atomic E-state index is 12.6. The lowest BCUT2D eigenvalue weighted by Gasteiger charge is -2.31. The first kappa shape index (κ1) is 23.0. The number of fused-ring (bicyclic) bond motifs is 1. The minimum atomic E-state index is -3.52. The summed E-state index contributed by atoms with van der Waals surface area (Å²) in [5.74, 6) is -0.360. The van der Waals surface area contributed by atoms with Gasteiger partial charge in [0.15, 0.2) is 9.84 Å². The lowest BCUT2D eigenvalue weighted by atomic mass is 10.1. The van der Waals surface area contributed by atoms with Gasteiger partial charge in [0, 0.05) is 37.4 Å². The summed E-state index contributed by atoms with van der Waals surface area (Å²) >= 11 is 7.38. The van der Waals surface area contributed by atoms with Crippen molar-refractivity contribution in [3.63, 3.8) is 0 Å². The van der Waals surface area contributed by atoms with Crippen molar-refractivity contribution >= 4 is 48.9 Å². The van der Waals surface area contributed by atoms with Crippen molar-refractivity contribution in [1.82, 2.24) is 9.88 Å². The first-order valence-corrected chi connectivity index (χ1v) is 13.4. The third kappa shape index (κ3) is 5.08. The highest BCUT2D eigenvalue weighted by Gasteiger charge is 2.26. The van der Waals surface area contributed by atoms with Crippen LogP contribution in [0.4, 0.5) is 0 Å². The lowest BCUT2D eigenvalue weighted by Crippen LogP contribution is -2.42. The van der Waals surface area contributed by atoms with Gasteiger partial charge in [0.25, 0.3) is 5.19 Å². The topological polar surface area (TPSA) is 76.6 Å². The third-order valence-corrected chi connectivity index (χ3v) is 8.81. The molecule has 170 valence electrons. The van der Waals surface area contributed by atoms with Crippen LogP contribution in [-0.2, 0) is 14.6 Å². The van der Waals surface area contributed by atoms with E-state index < -0.39 is 9.84 Å². The molecule has 1 saturated heterocycles. The van der Waals surface area contributed by atoms with Crippen molar-refractivity contribution in [3.05, 3.63) is 52.5 Å². The first-order chi connectivity index (χ1) is 15.2. The maximum Gasteiger partial charge on any atom is 0.274 e. The van der Waals surface area contributed by atoms with E-state index in [1.54, 1.807) is 16.2 Å². The number of amides is 1. The van der Waals surface area contributed by atoms with E-state index in [9.17, 15) is 13.2 Å². The molecule has 3 aromatic rings. The second kappa shape index (κ2) is 9.37. The Labute approximate surface area is 197 Å². The Kier molecular flexibility index (Phi) is 6.74. The minimum Gasteiger partial charge on any atom is -0.467 e. The Balaban J connectivity index is 1.30.